The lowest BCUT2D eigenvalue weighted by atomic mass is 9.86. The van der Waals surface area contributed by atoms with Gasteiger partial charge < -0.3 is 9.64 Å². The number of esters is 1. The highest BCUT2D eigenvalue weighted by molar-refractivity contribution is 6.16. The number of nitrogens with zero attached hydrogens (tertiary/aromatic N) is 1. The summed E-state index contributed by atoms with van der Waals surface area (Å²) in [5.41, 5.74) is 3.77. The SMILES string of the molecule is COC(=O)C1=C(C)N(C2CCCC2)C(=O)/C1=C\c1ccc(C(C)(C)C)cc1. The summed E-state index contributed by atoms with van der Waals surface area (Å²) in [6.45, 7) is 8.36. The van der Waals surface area contributed by atoms with Gasteiger partial charge in [0.15, 0.2) is 0 Å². The smallest absolute Gasteiger partial charge is 0.340 e. The van der Waals surface area contributed by atoms with Crippen molar-refractivity contribution in [2.45, 2.75) is 64.8 Å². The molecule has 1 aromatic carbocycles. The van der Waals surface area contributed by atoms with Crippen LogP contribution in [0.5, 0.6) is 0 Å². The van der Waals surface area contributed by atoms with E-state index in [1.807, 2.05) is 30.0 Å². The fraction of sp³-hybridized carbons (Fsp3) is 0.478. The Morgan fingerprint density at radius 3 is 2.26 bits per heavy atom. The molecule has 0 N–H and O–H groups in total. The van der Waals surface area contributed by atoms with Gasteiger partial charge >= 0.3 is 5.97 Å². The van der Waals surface area contributed by atoms with Crippen LogP contribution in [0.25, 0.3) is 6.08 Å². The van der Waals surface area contributed by atoms with Crippen molar-refractivity contribution >= 4 is 18.0 Å². The van der Waals surface area contributed by atoms with Crippen LogP contribution in [0.3, 0.4) is 0 Å². The summed E-state index contributed by atoms with van der Waals surface area (Å²) in [4.78, 5) is 27.4. The molecule has 0 spiro atoms. The number of carbonyl (C=O) groups is 2. The molecule has 2 aliphatic rings. The van der Waals surface area contributed by atoms with Gasteiger partial charge in [0, 0.05) is 11.7 Å². The first-order valence-corrected chi connectivity index (χ1v) is 9.69. The van der Waals surface area contributed by atoms with E-state index in [4.69, 9.17) is 4.74 Å². The fourth-order valence-corrected chi connectivity index (χ4v) is 4.05. The number of methoxy groups -OCH3 is 1. The van der Waals surface area contributed by atoms with Crippen molar-refractivity contribution in [2.75, 3.05) is 7.11 Å². The third-order valence-electron chi connectivity index (χ3n) is 5.61. The molecular weight excluding hydrogens is 338 g/mol. The zero-order chi connectivity index (χ0) is 19.8. The number of hydrogen-bond acceptors (Lipinski definition) is 3. The maximum atomic E-state index is 13.2. The molecule has 1 fully saturated rings. The minimum Gasteiger partial charge on any atom is -0.465 e. The Kier molecular flexibility index (Phi) is 5.27. The summed E-state index contributed by atoms with van der Waals surface area (Å²) in [6.07, 6.45) is 6.06. The first-order chi connectivity index (χ1) is 12.7. The Balaban J connectivity index is 2.00. The van der Waals surface area contributed by atoms with Crippen LogP contribution in [0.15, 0.2) is 41.1 Å². The van der Waals surface area contributed by atoms with E-state index < -0.39 is 5.97 Å². The van der Waals surface area contributed by atoms with Crippen LogP contribution in [0, 0.1) is 0 Å². The number of carbonyl (C=O) groups excluding carboxylic acids is 2. The second kappa shape index (κ2) is 7.34. The van der Waals surface area contributed by atoms with Gasteiger partial charge in [-0.2, -0.15) is 0 Å². The molecule has 1 heterocycles. The average Bonchev–Trinajstić information content (AvgIpc) is 3.21. The third kappa shape index (κ3) is 3.71. The molecule has 0 bridgehead atoms. The van der Waals surface area contributed by atoms with Gasteiger partial charge in [-0.25, -0.2) is 4.79 Å². The Labute approximate surface area is 161 Å². The zero-order valence-electron chi connectivity index (χ0n) is 17.0. The number of ether oxygens (including phenoxy) is 1. The van der Waals surface area contributed by atoms with Crippen LogP contribution in [-0.4, -0.2) is 29.9 Å². The van der Waals surface area contributed by atoms with Gasteiger partial charge in [-0.1, -0.05) is 57.9 Å². The van der Waals surface area contributed by atoms with Crippen molar-refractivity contribution in [1.82, 2.24) is 4.90 Å². The highest BCUT2D eigenvalue weighted by Gasteiger charge is 2.41. The molecular formula is C23H29NO3. The Morgan fingerprint density at radius 1 is 1.15 bits per heavy atom. The molecule has 144 valence electrons. The molecule has 1 aromatic rings. The van der Waals surface area contributed by atoms with E-state index in [9.17, 15) is 9.59 Å². The molecule has 3 rings (SSSR count). The number of amides is 1. The van der Waals surface area contributed by atoms with E-state index >= 15 is 0 Å². The lowest BCUT2D eigenvalue weighted by Crippen LogP contribution is -2.34. The maximum absolute atomic E-state index is 13.2. The molecule has 0 unspecified atom stereocenters. The topological polar surface area (TPSA) is 46.6 Å². The van der Waals surface area contributed by atoms with E-state index in [0.29, 0.717) is 11.1 Å². The van der Waals surface area contributed by atoms with Gasteiger partial charge in [0.05, 0.1) is 18.3 Å². The number of rotatable bonds is 3. The average molecular weight is 367 g/mol. The standard InChI is InChI=1S/C23H29NO3/c1-15-20(22(26)27-5)19(21(25)24(15)18-8-6-7-9-18)14-16-10-12-17(13-11-16)23(2,3)4/h10-14,18H,6-9H2,1-5H3/b19-14-. The van der Waals surface area contributed by atoms with Gasteiger partial charge in [0.2, 0.25) is 0 Å². The molecule has 0 atom stereocenters. The van der Waals surface area contributed by atoms with Crippen molar-refractivity contribution in [1.29, 1.82) is 0 Å². The molecule has 4 heteroatoms. The molecule has 0 aromatic heterocycles. The first-order valence-electron chi connectivity index (χ1n) is 9.69. The monoisotopic (exact) mass is 367 g/mol. The molecule has 1 amide bonds. The molecule has 1 aliphatic carbocycles. The van der Waals surface area contributed by atoms with Gasteiger partial charge in [0.1, 0.15) is 0 Å². The number of benzene rings is 1. The van der Waals surface area contributed by atoms with E-state index in [2.05, 4.69) is 32.9 Å². The highest BCUT2D eigenvalue weighted by atomic mass is 16.5. The van der Waals surface area contributed by atoms with Crippen LogP contribution in [-0.2, 0) is 19.7 Å². The van der Waals surface area contributed by atoms with Crippen LogP contribution in [0.2, 0.25) is 0 Å². The van der Waals surface area contributed by atoms with Crippen molar-refractivity contribution in [2.24, 2.45) is 0 Å². The van der Waals surface area contributed by atoms with Crippen molar-refractivity contribution < 1.29 is 14.3 Å². The summed E-state index contributed by atoms with van der Waals surface area (Å²) >= 11 is 0. The lowest BCUT2D eigenvalue weighted by Gasteiger charge is -2.25. The number of allylic oxidation sites excluding steroid dienone is 1. The molecule has 1 saturated carbocycles. The van der Waals surface area contributed by atoms with Gasteiger partial charge in [-0.05, 0) is 42.4 Å². The van der Waals surface area contributed by atoms with E-state index in [1.54, 1.807) is 0 Å². The molecule has 27 heavy (non-hydrogen) atoms. The van der Waals surface area contributed by atoms with Crippen molar-refractivity contribution in [3.8, 4) is 0 Å². The molecule has 1 aliphatic heterocycles. The molecule has 4 nitrogen and oxygen atoms in total. The van der Waals surface area contributed by atoms with Crippen LogP contribution in [0.1, 0.15) is 64.5 Å². The normalized spacial score (nSPS) is 20.1. The molecule has 0 radical (unpaired) electrons. The van der Waals surface area contributed by atoms with Crippen molar-refractivity contribution in [3.05, 3.63) is 52.2 Å². The summed E-state index contributed by atoms with van der Waals surface area (Å²) in [5.74, 6) is -0.529. The summed E-state index contributed by atoms with van der Waals surface area (Å²) in [7, 11) is 1.36. The summed E-state index contributed by atoms with van der Waals surface area (Å²) in [5, 5.41) is 0. The summed E-state index contributed by atoms with van der Waals surface area (Å²) in [6, 6.07) is 8.35. The van der Waals surface area contributed by atoms with E-state index in [-0.39, 0.29) is 17.4 Å². The minimum atomic E-state index is -0.445. The highest BCUT2D eigenvalue weighted by Crippen LogP contribution is 2.37. The minimum absolute atomic E-state index is 0.0712. The predicted octanol–water partition coefficient (Wildman–Crippen LogP) is 4.60. The van der Waals surface area contributed by atoms with Crippen molar-refractivity contribution in [3.63, 3.8) is 0 Å². The Hall–Kier alpha value is -2.36. The van der Waals surface area contributed by atoms with Crippen LogP contribution in [0.4, 0.5) is 0 Å². The van der Waals surface area contributed by atoms with Gasteiger partial charge in [0.25, 0.3) is 5.91 Å². The quantitative estimate of drug-likeness (QED) is 0.579. The fourth-order valence-electron chi connectivity index (χ4n) is 4.05. The second-order valence-electron chi connectivity index (χ2n) is 8.50. The van der Waals surface area contributed by atoms with Gasteiger partial charge in [-0.3, -0.25) is 4.79 Å². The Bertz CT molecular complexity index is 803. The third-order valence-corrected chi connectivity index (χ3v) is 5.61. The van der Waals surface area contributed by atoms with E-state index in [0.717, 1.165) is 36.9 Å². The van der Waals surface area contributed by atoms with Crippen LogP contribution < -0.4 is 0 Å². The lowest BCUT2D eigenvalue weighted by molar-refractivity contribution is -0.136. The predicted molar refractivity (Wildman–Crippen MR) is 107 cm³/mol. The number of hydrogen-bond donors (Lipinski definition) is 0. The largest absolute Gasteiger partial charge is 0.465 e. The maximum Gasteiger partial charge on any atom is 0.340 e. The summed E-state index contributed by atoms with van der Waals surface area (Å²) < 4.78 is 4.98. The Morgan fingerprint density at radius 2 is 1.74 bits per heavy atom. The first kappa shape index (κ1) is 19.4. The van der Waals surface area contributed by atoms with Crippen LogP contribution >= 0.6 is 0 Å². The zero-order valence-corrected chi connectivity index (χ0v) is 17.0. The van der Waals surface area contributed by atoms with E-state index in [1.165, 1.54) is 12.7 Å². The second-order valence-corrected chi connectivity index (χ2v) is 8.50. The molecule has 0 saturated heterocycles. The van der Waals surface area contributed by atoms with Gasteiger partial charge in [-0.15, -0.1) is 0 Å².